The van der Waals surface area contributed by atoms with E-state index in [0.29, 0.717) is 13.1 Å². The number of benzene rings is 1. The Morgan fingerprint density at radius 1 is 1.27 bits per heavy atom. The highest BCUT2D eigenvalue weighted by atomic mass is 16.2. The second kappa shape index (κ2) is 7.17. The maximum Gasteiger partial charge on any atom is 0.317 e. The smallest absolute Gasteiger partial charge is 0.317 e. The lowest BCUT2D eigenvalue weighted by atomic mass is 9.92. The number of nitrogens with one attached hydrogen (secondary N) is 1. The van der Waals surface area contributed by atoms with E-state index in [9.17, 15) is 9.59 Å². The zero-order valence-electron chi connectivity index (χ0n) is 15.5. The highest BCUT2D eigenvalue weighted by Crippen LogP contribution is 2.31. The molecule has 6 nitrogen and oxygen atoms in total. The average Bonchev–Trinajstić information content (AvgIpc) is 3.20. The van der Waals surface area contributed by atoms with Crippen LogP contribution in [0.1, 0.15) is 24.8 Å². The highest BCUT2D eigenvalue weighted by molar-refractivity contribution is 5.84. The van der Waals surface area contributed by atoms with Crippen LogP contribution in [0.4, 0.5) is 10.5 Å². The third-order valence-electron chi connectivity index (χ3n) is 6.06. The standard InChI is InChI=1S/C20H28N4O2/c1-22-14-18-16(19(22)25)7-4-12-24(18)20(26)21-10-5-11-23-13-9-15-6-2-3-8-17(15)23/h2-3,6,8,16,18H,4-5,7,9-14H2,1H3,(H,21,26)/t16-,18-/m1/s1. The fourth-order valence-electron chi connectivity index (χ4n) is 4.68. The topological polar surface area (TPSA) is 55.9 Å². The molecule has 6 heteroatoms. The van der Waals surface area contributed by atoms with E-state index in [0.717, 1.165) is 45.3 Å². The molecule has 140 valence electrons. The minimum absolute atomic E-state index is 0.000557. The Morgan fingerprint density at radius 2 is 2.12 bits per heavy atom. The normalized spacial score (nSPS) is 24.7. The minimum atomic E-state index is -0.00961. The second-order valence-electron chi connectivity index (χ2n) is 7.68. The first-order chi connectivity index (χ1) is 12.6. The molecule has 1 aromatic rings. The number of amides is 3. The third-order valence-corrected chi connectivity index (χ3v) is 6.06. The Bertz CT molecular complexity index is 692. The molecular formula is C20H28N4O2. The van der Waals surface area contributed by atoms with Crippen LogP contribution in [0.2, 0.25) is 0 Å². The van der Waals surface area contributed by atoms with Crippen molar-refractivity contribution in [3.05, 3.63) is 29.8 Å². The number of piperidine rings is 1. The van der Waals surface area contributed by atoms with E-state index in [2.05, 4.69) is 34.5 Å². The van der Waals surface area contributed by atoms with Crippen molar-refractivity contribution in [3.8, 4) is 0 Å². The summed E-state index contributed by atoms with van der Waals surface area (Å²) in [6.07, 6.45) is 3.87. The molecule has 0 spiro atoms. The zero-order valence-corrected chi connectivity index (χ0v) is 15.5. The van der Waals surface area contributed by atoms with Gasteiger partial charge < -0.3 is 20.0 Å². The number of carbonyl (C=O) groups is 2. The monoisotopic (exact) mass is 356 g/mol. The van der Waals surface area contributed by atoms with Crippen molar-refractivity contribution in [2.24, 2.45) is 5.92 Å². The lowest BCUT2D eigenvalue weighted by molar-refractivity contribution is -0.130. The van der Waals surface area contributed by atoms with Gasteiger partial charge in [-0.1, -0.05) is 18.2 Å². The zero-order chi connectivity index (χ0) is 18.1. The second-order valence-corrected chi connectivity index (χ2v) is 7.68. The maximum atomic E-state index is 12.6. The van der Waals surface area contributed by atoms with Crippen LogP contribution in [0.15, 0.2) is 24.3 Å². The van der Waals surface area contributed by atoms with Crippen LogP contribution in [0, 0.1) is 5.92 Å². The summed E-state index contributed by atoms with van der Waals surface area (Å²) in [5.41, 5.74) is 2.76. The summed E-state index contributed by atoms with van der Waals surface area (Å²) >= 11 is 0. The van der Waals surface area contributed by atoms with Gasteiger partial charge in [-0.15, -0.1) is 0 Å². The van der Waals surface area contributed by atoms with Gasteiger partial charge in [0.15, 0.2) is 0 Å². The number of para-hydroxylation sites is 1. The van der Waals surface area contributed by atoms with Crippen molar-refractivity contribution < 1.29 is 9.59 Å². The van der Waals surface area contributed by atoms with Gasteiger partial charge in [0.25, 0.3) is 0 Å². The molecule has 0 unspecified atom stereocenters. The van der Waals surface area contributed by atoms with E-state index in [1.807, 2.05) is 11.9 Å². The Morgan fingerprint density at radius 3 is 3.00 bits per heavy atom. The molecule has 0 aliphatic carbocycles. The highest BCUT2D eigenvalue weighted by Gasteiger charge is 2.45. The van der Waals surface area contributed by atoms with Gasteiger partial charge in [-0.3, -0.25) is 4.79 Å². The number of rotatable bonds is 4. The minimum Gasteiger partial charge on any atom is -0.371 e. The number of urea groups is 1. The molecule has 1 N–H and O–H groups in total. The number of likely N-dealkylation sites (N-methyl/N-ethyl adjacent to an activating group) is 1. The Kier molecular flexibility index (Phi) is 4.74. The summed E-state index contributed by atoms with van der Waals surface area (Å²) in [5.74, 6) is 0.195. The van der Waals surface area contributed by atoms with Crippen molar-refractivity contribution in [2.45, 2.75) is 31.7 Å². The summed E-state index contributed by atoms with van der Waals surface area (Å²) in [4.78, 5) is 30.9. The molecular weight excluding hydrogens is 328 g/mol. The van der Waals surface area contributed by atoms with E-state index in [1.165, 1.54) is 11.3 Å². The van der Waals surface area contributed by atoms with Crippen LogP contribution in [-0.2, 0) is 11.2 Å². The predicted octanol–water partition coefficient (Wildman–Crippen LogP) is 1.70. The molecule has 0 bridgehead atoms. The molecule has 4 rings (SSSR count). The van der Waals surface area contributed by atoms with Crippen LogP contribution >= 0.6 is 0 Å². The fraction of sp³-hybridized carbons (Fsp3) is 0.600. The summed E-state index contributed by atoms with van der Waals surface area (Å²) in [6.45, 7) is 4.13. The first-order valence-electron chi connectivity index (χ1n) is 9.77. The van der Waals surface area contributed by atoms with Crippen LogP contribution in [-0.4, -0.2) is 67.6 Å². The summed E-state index contributed by atoms with van der Waals surface area (Å²) in [7, 11) is 1.84. The van der Waals surface area contributed by atoms with Crippen molar-refractivity contribution in [2.75, 3.05) is 44.7 Å². The molecule has 0 radical (unpaired) electrons. The van der Waals surface area contributed by atoms with Gasteiger partial charge in [-0.05, 0) is 37.3 Å². The van der Waals surface area contributed by atoms with Gasteiger partial charge in [0.1, 0.15) is 0 Å². The Balaban J connectivity index is 1.25. The molecule has 26 heavy (non-hydrogen) atoms. The summed E-state index contributed by atoms with van der Waals surface area (Å²) in [6, 6.07) is 8.61. The van der Waals surface area contributed by atoms with Crippen molar-refractivity contribution in [1.29, 1.82) is 0 Å². The quantitative estimate of drug-likeness (QED) is 0.836. The maximum absolute atomic E-state index is 12.6. The summed E-state index contributed by atoms with van der Waals surface area (Å²) < 4.78 is 0. The van der Waals surface area contributed by atoms with Crippen LogP contribution in [0.5, 0.6) is 0 Å². The van der Waals surface area contributed by atoms with E-state index in [4.69, 9.17) is 0 Å². The van der Waals surface area contributed by atoms with Gasteiger partial charge in [0.05, 0.1) is 12.0 Å². The molecule has 0 saturated carbocycles. The molecule has 1 aromatic carbocycles. The molecule has 3 heterocycles. The predicted molar refractivity (Wildman–Crippen MR) is 101 cm³/mol. The first-order valence-corrected chi connectivity index (χ1v) is 9.77. The number of likely N-dealkylation sites (tertiary alicyclic amines) is 2. The number of carbonyl (C=O) groups excluding carboxylic acids is 2. The van der Waals surface area contributed by atoms with Crippen molar-refractivity contribution in [1.82, 2.24) is 15.1 Å². The van der Waals surface area contributed by atoms with Gasteiger partial charge in [0, 0.05) is 45.5 Å². The lowest BCUT2D eigenvalue weighted by Crippen LogP contribution is -2.52. The molecule has 2 atom stereocenters. The van der Waals surface area contributed by atoms with Gasteiger partial charge >= 0.3 is 6.03 Å². The largest absolute Gasteiger partial charge is 0.371 e. The molecule has 0 aromatic heterocycles. The SMILES string of the molecule is CN1C[C@@H]2[C@@H](CCCN2C(=O)NCCCN2CCc3ccccc32)C1=O. The van der Waals surface area contributed by atoms with E-state index >= 15 is 0 Å². The Labute approximate surface area is 155 Å². The molecule has 2 fully saturated rings. The summed E-state index contributed by atoms with van der Waals surface area (Å²) in [5, 5.41) is 3.07. The number of hydrogen-bond acceptors (Lipinski definition) is 3. The molecule has 3 amide bonds. The van der Waals surface area contributed by atoms with Crippen LogP contribution in [0.25, 0.3) is 0 Å². The van der Waals surface area contributed by atoms with Crippen LogP contribution < -0.4 is 10.2 Å². The number of anilines is 1. The van der Waals surface area contributed by atoms with Gasteiger partial charge in [-0.2, -0.15) is 0 Å². The molecule has 2 saturated heterocycles. The van der Waals surface area contributed by atoms with E-state index in [-0.39, 0.29) is 23.9 Å². The van der Waals surface area contributed by atoms with E-state index in [1.54, 1.807) is 4.90 Å². The molecule has 3 aliphatic heterocycles. The molecule has 3 aliphatic rings. The number of nitrogens with zero attached hydrogens (tertiary/aromatic N) is 3. The lowest BCUT2D eigenvalue weighted by Gasteiger charge is -2.35. The number of hydrogen-bond donors (Lipinski definition) is 1. The van der Waals surface area contributed by atoms with Crippen molar-refractivity contribution >= 4 is 17.6 Å². The van der Waals surface area contributed by atoms with Gasteiger partial charge in [0.2, 0.25) is 5.91 Å². The fourth-order valence-corrected chi connectivity index (χ4v) is 4.68. The first kappa shape index (κ1) is 17.2. The van der Waals surface area contributed by atoms with Gasteiger partial charge in [-0.25, -0.2) is 4.79 Å². The average molecular weight is 356 g/mol. The van der Waals surface area contributed by atoms with E-state index < -0.39 is 0 Å². The number of fused-ring (bicyclic) bond motifs is 2. The Hall–Kier alpha value is -2.24. The third kappa shape index (κ3) is 3.13. The van der Waals surface area contributed by atoms with Crippen molar-refractivity contribution in [3.63, 3.8) is 0 Å². The van der Waals surface area contributed by atoms with Crippen LogP contribution in [0.3, 0.4) is 0 Å².